The number of benzene rings is 1. The summed E-state index contributed by atoms with van der Waals surface area (Å²) in [5.74, 6) is -1.60. The molecule has 0 aliphatic heterocycles. The quantitative estimate of drug-likeness (QED) is 0.848. The Labute approximate surface area is 118 Å². The molecule has 4 heteroatoms. The van der Waals surface area contributed by atoms with Crippen LogP contribution < -0.4 is 5.32 Å². The van der Waals surface area contributed by atoms with Crippen LogP contribution in [0.15, 0.2) is 36.7 Å². The first-order valence-electron chi connectivity index (χ1n) is 6.97. The average Bonchev–Trinajstić information content (AvgIpc) is 2.88. The van der Waals surface area contributed by atoms with Crippen LogP contribution in [-0.4, -0.2) is 11.1 Å². The van der Waals surface area contributed by atoms with Crippen LogP contribution in [0.25, 0.3) is 0 Å². The summed E-state index contributed by atoms with van der Waals surface area (Å²) < 4.78 is 28.1. The van der Waals surface area contributed by atoms with E-state index in [0.717, 1.165) is 18.5 Å². The fourth-order valence-electron chi connectivity index (χ4n) is 2.36. The molecule has 0 saturated heterocycles. The maximum Gasteiger partial charge on any atom is 0.159 e. The maximum absolute atomic E-state index is 13.2. The summed E-state index contributed by atoms with van der Waals surface area (Å²) in [6.45, 7) is 5.69. The van der Waals surface area contributed by atoms with Gasteiger partial charge in [0.1, 0.15) is 0 Å². The van der Waals surface area contributed by atoms with Crippen molar-refractivity contribution in [1.29, 1.82) is 0 Å². The molecule has 2 aromatic rings. The van der Waals surface area contributed by atoms with Gasteiger partial charge in [-0.25, -0.2) is 8.78 Å². The zero-order valence-corrected chi connectivity index (χ0v) is 11.9. The summed E-state index contributed by atoms with van der Waals surface area (Å²) in [5.41, 5.74) is 1.97. The summed E-state index contributed by atoms with van der Waals surface area (Å²) in [5, 5.41) is 3.42. The number of hydrogen-bond acceptors (Lipinski definition) is 1. The van der Waals surface area contributed by atoms with E-state index in [1.807, 2.05) is 10.8 Å². The van der Waals surface area contributed by atoms with Crippen molar-refractivity contribution in [2.24, 2.45) is 0 Å². The molecule has 1 heterocycles. The van der Waals surface area contributed by atoms with Crippen LogP contribution in [-0.2, 0) is 6.54 Å². The Balaban J connectivity index is 2.10. The smallest absolute Gasteiger partial charge is 0.159 e. The number of nitrogens with one attached hydrogen (secondary N) is 1. The van der Waals surface area contributed by atoms with Crippen molar-refractivity contribution in [1.82, 2.24) is 9.88 Å². The molecule has 0 amide bonds. The predicted octanol–water partition coefficient (Wildman–Crippen LogP) is 3.88. The van der Waals surface area contributed by atoms with Crippen LogP contribution in [0.1, 0.15) is 37.4 Å². The van der Waals surface area contributed by atoms with Gasteiger partial charge in [0.15, 0.2) is 11.6 Å². The van der Waals surface area contributed by atoms with E-state index in [-0.39, 0.29) is 0 Å². The molecule has 1 atom stereocenters. The summed E-state index contributed by atoms with van der Waals surface area (Å²) in [4.78, 5) is 0. The molecule has 0 spiro atoms. The molecule has 2 rings (SSSR count). The molecule has 20 heavy (non-hydrogen) atoms. The molecule has 1 unspecified atom stereocenters. The third-order valence-corrected chi connectivity index (χ3v) is 3.38. The van der Waals surface area contributed by atoms with Gasteiger partial charge in [-0.05, 0) is 42.3 Å². The fraction of sp³-hybridized carbons (Fsp3) is 0.375. The van der Waals surface area contributed by atoms with Gasteiger partial charge in [-0.1, -0.05) is 19.9 Å². The number of halogens is 2. The van der Waals surface area contributed by atoms with Gasteiger partial charge in [-0.3, -0.25) is 0 Å². The third kappa shape index (κ3) is 3.45. The van der Waals surface area contributed by atoms with Crippen LogP contribution in [0.2, 0.25) is 0 Å². The van der Waals surface area contributed by atoms with E-state index in [2.05, 4.69) is 31.4 Å². The summed E-state index contributed by atoms with van der Waals surface area (Å²) in [7, 11) is 0. The van der Waals surface area contributed by atoms with Gasteiger partial charge >= 0.3 is 0 Å². The van der Waals surface area contributed by atoms with Crippen molar-refractivity contribution in [3.05, 3.63) is 59.4 Å². The molecule has 1 aromatic heterocycles. The molecule has 0 aliphatic rings. The lowest BCUT2D eigenvalue weighted by atomic mass is 10.1. The van der Waals surface area contributed by atoms with Gasteiger partial charge in [0.2, 0.25) is 0 Å². The van der Waals surface area contributed by atoms with E-state index >= 15 is 0 Å². The summed E-state index contributed by atoms with van der Waals surface area (Å²) in [6.07, 6.45) is 5.04. The normalized spacial score (nSPS) is 12.6. The van der Waals surface area contributed by atoms with E-state index in [1.165, 1.54) is 17.7 Å². The second-order valence-corrected chi connectivity index (χ2v) is 4.88. The SMILES string of the molecule is CCNC(CC)c1ccn(Cc2ccc(F)c(F)c2)c1. The van der Waals surface area contributed by atoms with Crippen molar-refractivity contribution in [3.63, 3.8) is 0 Å². The van der Waals surface area contributed by atoms with Crippen LogP contribution in [0.3, 0.4) is 0 Å². The number of nitrogens with zero attached hydrogens (tertiary/aromatic N) is 1. The van der Waals surface area contributed by atoms with E-state index in [1.54, 1.807) is 6.07 Å². The third-order valence-electron chi connectivity index (χ3n) is 3.38. The summed E-state index contributed by atoms with van der Waals surface area (Å²) >= 11 is 0. The van der Waals surface area contributed by atoms with Gasteiger partial charge in [0, 0.05) is 25.0 Å². The monoisotopic (exact) mass is 278 g/mol. The molecule has 0 fully saturated rings. The molecule has 108 valence electrons. The highest BCUT2D eigenvalue weighted by atomic mass is 19.2. The maximum atomic E-state index is 13.2. The predicted molar refractivity (Wildman–Crippen MR) is 76.6 cm³/mol. The highest BCUT2D eigenvalue weighted by molar-refractivity contribution is 5.21. The lowest BCUT2D eigenvalue weighted by molar-refractivity contribution is 0.506. The summed E-state index contributed by atoms with van der Waals surface area (Å²) in [6, 6.07) is 6.43. The van der Waals surface area contributed by atoms with Crippen LogP contribution in [0, 0.1) is 11.6 Å². The Bertz CT molecular complexity index is 563. The first-order valence-corrected chi connectivity index (χ1v) is 6.97. The molecular formula is C16H20F2N2. The van der Waals surface area contributed by atoms with E-state index in [0.29, 0.717) is 12.6 Å². The second-order valence-electron chi connectivity index (χ2n) is 4.88. The Hall–Kier alpha value is -1.68. The molecule has 0 radical (unpaired) electrons. The topological polar surface area (TPSA) is 17.0 Å². The van der Waals surface area contributed by atoms with Gasteiger partial charge in [0.25, 0.3) is 0 Å². The zero-order valence-electron chi connectivity index (χ0n) is 11.9. The largest absolute Gasteiger partial charge is 0.350 e. The zero-order chi connectivity index (χ0) is 14.5. The minimum atomic E-state index is -0.805. The Kier molecular flexibility index (Phi) is 4.90. The van der Waals surface area contributed by atoms with Crippen molar-refractivity contribution in [3.8, 4) is 0 Å². The number of hydrogen-bond donors (Lipinski definition) is 1. The van der Waals surface area contributed by atoms with Crippen molar-refractivity contribution in [2.45, 2.75) is 32.9 Å². The lowest BCUT2D eigenvalue weighted by Crippen LogP contribution is -2.19. The minimum absolute atomic E-state index is 0.339. The highest BCUT2D eigenvalue weighted by Crippen LogP contribution is 2.18. The number of rotatable bonds is 6. The van der Waals surface area contributed by atoms with Crippen LogP contribution >= 0.6 is 0 Å². The van der Waals surface area contributed by atoms with E-state index in [4.69, 9.17) is 0 Å². The van der Waals surface area contributed by atoms with Gasteiger partial charge in [-0.15, -0.1) is 0 Å². The average molecular weight is 278 g/mol. The van der Waals surface area contributed by atoms with E-state index in [9.17, 15) is 8.78 Å². The minimum Gasteiger partial charge on any atom is -0.350 e. The van der Waals surface area contributed by atoms with Crippen LogP contribution in [0.4, 0.5) is 8.78 Å². The molecule has 1 N–H and O–H groups in total. The Morgan fingerprint density at radius 3 is 2.60 bits per heavy atom. The van der Waals surface area contributed by atoms with Gasteiger partial charge < -0.3 is 9.88 Å². The second kappa shape index (κ2) is 6.66. The van der Waals surface area contributed by atoms with Crippen LogP contribution in [0.5, 0.6) is 0 Å². The molecular weight excluding hydrogens is 258 g/mol. The molecule has 2 nitrogen and oxygen atoms in total. The molecule has 0 bridgehead atoms. The number of aromatic nitrogens is 1. The molecule has 1 aromatic carbocycles. The molecule has 0 saturated carbocycles. The van der Waals surface area contributed by atoms with Crippen molar-refractivity contribution < 1.29 is 8.78 Å². The van der Waals surface area contributed by atoms with Gasteiger partial charge in [0.05, 0.1) is 0 Å². The van der Waals surface area contributed by atoms with E-state index < -0.39 is 11.6 Å². The Morgan fingerprint density at radius 1 is 1.15 bits per heavy atom. The lowest BCUT2D eigenvalue weighted by Gasteiger charge is -2.14. The molecule has 0 aliphatic carbocycles. The first kappa shape index (κ1) is 14.7. The fourth-order valence-corrected chi connectivity index (χ4v) is 2.36. The van der Waals surface area contributed by atoms with Gasteiger partial charge in [-0.2, -0.15) is 0 Å². The standard InChI is InChI=1S/C16H20F2N2/c1-3-16(19-4-2)13-7-8-20(11-13)10-12-5-6-14(17)15(18)9-12/h5-9,11,16,19H,3-4,10H2,1-2H3. The highest BCUT2D eigenvalue weighted by Gasteiger charge is 2.09. The van der Waals surface area contributed by atoms with Crippen molar-refractivity contribution in [2.75, 3.05) is 6.54 Å². The Morgan fingerprint density at radius 2 is 1.95 bits per heavy atom. The van der Waals surface area contributed by atoms with Crippen molar-refractivity contribution >= 4 is 0 Å². The first-order chi connectivity index (χ1) is 9.63.